The molecule has 0 fully saturated rings. The predicted molar refractivity (Wildman–Crippen MR) is 53.2 cm³/mol. The monoisotopic (exact) mass is 180 g/mol. The van der Waals surface area contributed by atoms with Crippen LogP contribution in [0.1, 0.15) is 30.0 Å². The van der Waals surface area contributed by atoms with Crippen LogP contribution in [0, 0.1) is 13.8 Å². The summed E-state index contributed by atoms with van der Waals surface area (Å²) in [6.07, 6.45) is 1.78. The van der Waals surface area contributed by atoms with Crippen LogP contribution in [-0.2, 0) is 6.42 Å². The van der Waals surface area contributed by atoms with Crippen molar-refractivity contribution in [2.24, 2.45) is 0 Å². The van der Waals surface area contributed by atoms with Crippen LogP contribution in [0.25, 0.3) is 0 Å². The van der Waals surface area contributed by atoms with Gasteiger partial charge in [-0.1, -0.05) is 13.3 Å². The largest absolute Gasteiger partial charge is 0.508 e. The van der Waals surface area contributed by atoms with Gasteiger partial charge in [0.1, 0.15) is 11.5 Å². The molecule has 0 heterocycles. The minimum absolute atomic E-state index is 0.277. The van der Waals surface area contributed by atoms with Crippen molar-refractivity contribution < 1.29 is 10.2 Å². The average Bonchev–Trinajstić information content (AvgIpc) is 2.09. The molecule has 0 aliphatic heterocycles. The number of phenols is 2. The van der Waals surface area contributed by atoms with Crippen molar-refractivity contribution in [2.45, 2.75) is 33.6 Å². The van der Waals surface area contributed by atoms with Gasteiger partial charge in [0.25, 0.3) is 0 Å². The summed E-state index contributed by atoms with van der Waals surface area (Å²) in [6, 6.07) is 1.60. The van der Waals surface area contributed by atoms with Crippen LogP contribution in [0.2, 0.25) is 0 Å². The predicted octanol–water partition coefficient (Wildman–Crippen LogP) is 2.67. The van der Waals surface area contributed by atoms with Gasteiger partial charge in [0, 0.05) is 5.56 Å². The summed E-state index contributed by atoms with van der Waals surface area (Å²) in [7, 11) is 0. The molecule has 2 nitrogen and oxygen atoms in total. The van der Waals surface area contributed by atoms with Crippen molar-refractivity contribution in [1.82, 2.24) is 0 Å². The Hall–Kier alpha value is -1.18. The molecule has 0 unspecified atom stereocenters. The van der Waals surface area contributed by atoms with E-state index < -0.39 is 0 Å². The minimum atomic E-state index is 0.277. The summed E-state index contributed by atoms with van der Waals surface area (Å²) in [4.78, 5) is 0. The van der Waals surface area contributed by atoms with Crippen LogP contribution in [0.3, 0.4) is 0 Å². The Kier molecular flexibility index (Phi) is 2.81. The Morgan fingerprint density at radius 1 is 1.23 bits per heavy atom. The van der Waals surface area contributed by atoms with Gasteiger partial charge in [-0.25, -0.2) is 0 Å². The molecule has 1 aromatic carbocycles. The lowest BCUT2D eigenvalue weighted by Gasteiger charge is -2.11. The van der Waals surface area contributed by atoms with E-state index in [-0.39, 0.29) is 5.75 Å². The zero-order chi connectivity index (χ0) is 10.0. The summed E-state index contributed by atoms with van der Waals surface area (Å²) in [5.74, 6) is 0.607. The number of benzene rings is 1. The highest BCUT2D eigenvalue weighted by molar-refractivity contribution is 5.51. The molecule has 1 rings (SSSR count). The molecule has 2 N–H and O–H groups in total. The molecule has 0 aliphatic carbocycles. The second-order valence-electron chi connectivity index (χ2n) is 3.41. The van der Waals surface area contributed by atoms with Crippen LogP contribution in [0.4, 0.5) is 0 Å². The van der Waals surface area contributed by atoms with E-state index in [0.717, 1.165) is 29.5 Å². The number of hydrogen-bond donors (Lipinski definition) is 2. The van der Waals surface area contributed by atoms with Crippen LogP contribution < -0.4 is 0 Å². The molecule has 1 aromatic rings. The van der Waals surface area contributed by atoms with E-state index in [1.165, 1.54) is 0 Å². The lowest BCUT2D eigenvalue weighted by molar-refractivity contribution is 0.446. The smallest absolute Gasteiger partial charge is 0.122 e. The Balaban J connectivity index is 3.28. The summed E-state index contributed by atoms with van der Waals surface area (Å²) >= 11 is 0. The maximum Gasteiger partial charge on any atom is 0.122 e. The third-order valence-corrected chi connectivity index (χ3v) is 2.35. The van der Waals surface area contributed by atoms with Crippen molar-refractivity contribution >= 4 is 0 Å². The SMILES string of the molecule is CCCc1c(C)c(O)cc(C)c1O. The Morgan fingerprint density at radius 3 is 2.38 bits per heavy atom. The molecule has 13 heavy (non-hydrogen) atoms. The molecule has 0 spiro atoms. The maximum atomic E-state index is 9.72. The number of hydrogen-bond acceptors (Lipinski definition) is 2. The topological polar surface area (TPSA) is 40.5 Å². The van der Waals surface area contributed by atoms with E-state index in [1.807, 2.05) is 6.92 Å². The fourth-order valence-electron chi connectivity index (χ4n) is 1.51. The van der Waals surface area contributed by atoms with Gasteiger partial charge in [-0.2, -0.15) is 0 Å². The zero-order valence-electron chi connectivity index (χ0n) is 8.39. The summed E-state index contributed by atoms with van der Waals surface area (Å²) in [5.41, 5.74) is 2.41. The second-order valence-corrected chi connectivity index (χ2v) is 3.41. The third kappa shape index (κ3) is 1.77. The molecule has 0 aliphatic rings. The summed E-state index contributed by atoms with van der Waals surface area (Å²) in [5, 5.41) is 19.2. The minimum Gasteiger partial charge on any atom is -0.508 e. The maximum absolute atomic E-state index is 9.72. The lowest BCUT2D eigenvalue weighted by atomic mass is 9.99. The fraction of sp³-hybridized carbons (Fsp3) is 0.455. The number of phenolic OH excluding ortho intramolecular Hbond substituents is 2. The Morgan fingerprint density at radius 2 is 1.85 bits per heavy atom. The molecule has 0 atom stereocenters. The van der Waals surface area contributed by atoms with Gasteiger partial charge in [0.15, 0.2) is 0 Å². The van der Waals surface area contributed by atoms with Crippen LogP contribution in [0.15, 0.2) is 6.07 Å². The van der Waals surface area contributed by atoms with E-state index in [1.54, 1.807) is 13.0 Å². The van der Waals surface area contributed by atoms with Crippen molar-refractivity contribution in [3.63, 3.8) is 0 Å². The zero-order valence-corrected chi connectivity index (χ0v) is 8.39. The Bertz CT molecular complexity index is 290. The van der Waals surface area contributed by atoms with Gasteiger partial charge in [0.2, 0.25) is 0 Å². The third-order valence-electron chi connectivity index (χ3n) is 2.35. The average molecular weight is 180 g/mol. The molecule has 0 radical (unpaired) electrons. The van der Waals surface area contributed by atoms with Gasteiger partial charge >= 0.3 is 0 Å². The molecule has 0 bridgehead atoms. The second kappa shape index (κ2) is 3.69. The molecular weight excluding hydrogens is 164 g/mol. The standard InChI is InChI=1S/C11H16O2/c1-4-5-9-8(3)10(12)6-7(2)11(9)13/h6,12-13H,4-5H2,1-3H3. The van der Waals surface area contributed by atoms with Gasteiger partial charge in [-0.05, 0) is 37.5 Å². The van der Waals surface area contributed by atoms with Gasteiger partial charge in [0.05, 0.1) is 0 Å². The first-order chi connectivity index (χ1) is 6.07. The highest BCUT2D eigenvalue weighted by Gasteiger charge is 2.10. The van der Waals surface area contributed by atoms with Gasteiger partial charge in [-0.3, -0.25) is 0 Å². The van der Waals surface area contributed by atoms with Crippen molar-refractivity contribution in [1.29, 1.82) is 0 Å². The quantitative estimate of drug-likeness (QED) is 0.687. The number of aromatic hydroxyl groups is 2. The highest BCUT2D eigenvalue weighted by Crippen LogP contribution is 2.32. The van der Waals surface area contributed by atoms with Gasteiger partial charge < -0.3 is 10.2 Å². The van der Waals surface area contributed by atoms with Crippen LogP contribution in [0.5, 0.6) is 11.5 Å². The molecule has 0 amide bonds. The van der Waals surface area contributed by atoms with Crippen molar-refractivity contribution in [3.8, 4) is 11.5 Å². The molecule has 0 saturated carbocycles. The normalized spacial score (nSPS) is 10.4. The van der Waals surface area contributed by atoms with E-state index in [2.05, 4.69) is 6.92 Å². The number of aryl methyl sites for hydroxylation is 1. The van der Waals surface area contributed by atoms with Crippen LogP contribution >= 0.6 is 0 Å². The molecule has 72 valence electrons. The van der Waals surface area contributed by atoms with Crippen molar-refractivity contribution in [3.05, 3.63) is 22.8 Å². The van der Waals surface area contributed by atoms with E-state index >= 15 is 0 Å². The lowest BCUT2D eigenvalue weighted by Crippen LogP contribution is -1.92. The van der Waals surface area contributed by atoms with E-state index in [0.29, 0.717) is 5.75 Å². The van der Waals surface area contributed by atoms with E-state index in [9.17, 15) is 10.2 Å². The van der Waals surface area contributed by atoms with E-state index in [4.69, 9.17) is 0 Å². The first kappa shape index (κ1) is 9.90. The molecular formula is C11H16O2. The molecule has 2 heteroatoms. The van der Waals surface area contributed by atoms with Crippen molar-refractivity contribution in [2.75, 3.05) is 0 Å². The highest BCUT2D eigenvalue weighted by atomic mass is 16.3. The fourth-order valence-corrected chi connectivity index (χ4v) is 1.51. The number of rotatable bonds is 2. The Labute approximate surface area is 78.8 Å². The summed E-state index contributed by atoms with van der Waals surface area (Å²) < 4.78 is 0. The van der Waals surface area contributed by atoms with Crippen LogP contribution in [-0.4, -0.2) is 10.2 Å². The summed E-state index contributed by atoms with van der Waals surface area (Å²) in [6.45, 7) is 5.69. The first-order valence-electron chi connectivity index (χ1n) is 4.59. The molecule has 0 saturated heterocycles. The first-order valence-corrected chi connectivity index (χ1v) is 4.59. The molecule has 0 aromatic heterocycles. The van der Waals surface area contributed by atoms with Gasteiger partial charge in [-0.15, -0.1) is 0 Å².